The first-order valence-electron chi connectivity index (χ1n) is 10.0. The van der Waals surface area contributed by atoms with E-state index in [4.69, 9.17) is 9.26 Å². The van der Waals surface area contributed by atoms with E-state index < -0.39 is 0 Å². The van der Waals surface area contributed by atoms with E-state index in [-0.39, 0.29) is 18.4 Å². The molecule has 3 aromatic rings. The number of amides is 2. The molecule has 0 fully saturated rings. The van der Waals surface area contributed by atoms with Crippen LogP contribution >= 0.6 is 0 Å². The van der Waals surface area contributed by atoms with Crippen LogP contribution in [0.2, 0.25) is 0 Å². The number of rotatable bonds is 7. The van der Waals surface area contributed by atoms with E-state index in [2.05, 4.69) is 10.5 Å². The molecule has 0 bridgehead atoms. The Hall–Kier alpha value is -3.61. The molecule has 0 aliphatic carbocycles. The van der Waals surface area contributed by atoms with Crippen LogP contribution in [0.3, 0.4) is 0 Å². The average molecular weight is 421 g/mol. The molecule has 1 N–H and O–H groups in total. The minimum absolute atomic E-state index is 0.0447. The minimum Gasteiger partial charge on any atom is -0.489 e. The largest absolute Gasteiger partial charge is 0.489 e. The Bertz CT molecular complexity index is 1050. The lowest BCUT2D eigenvalue weighted by atomic mass is 10.1. The Labute approximate surface area is 182 Å². The molecule has 1 aromatic heterocycles. The van der Waals surface area contributed by atoms with Crippen molar-refractivity contribution in [1.29, 1.82) is 0 Å². The zero-order valence-electron chi connectivity index (χ0n) is 18.5. The minimum atomic E-state index is -0.243. The van der Waals surface area contributed by atoms with Gasteiger partial charge in [-0.2, -0.15) is 0 Å². The lowest BCUT2D eigenvalue weighted by Gasteiger charge is -2.18. The van der Waals surface area contributed by atoms with Gasteiger partial charge in [0.2, 0.25) is 5.91 Å². The molecule has 162 valence electrons. The topological polar surface area (TPSA) is 84.7 Å². The monoisotopic (exact) mass is 421 g/mol. The second-order valence-electron chi connectivity index (χ2n) is 7.59. The Morgan fingerprint density at radius 2 is 1.68 bits per heavy atom. The summed E-state index contributed by atoms with van der Waals surface area (Å²) in [7, 11) is 1.61. The van der Waals surface area contributed by atoms with Gasteiger partial charge in [0.15, 0.2) is 0 Å². The summed E-state index contributed by atoms with van der Waals surface area (Å²) in [6.45, 7) is 7.87. The smallest absolute Gasteiger partial charge is 0.254 e. The fourth-order valence-electron chi connectivity index (χ4n) is 3.26. The van der Waals surface area contributed by atoms with Crippen molar-refractivity contribution < 1.29 is 18.8 Å². The third-order valence-electron chi connectivity index (χ3n) is 5.14. The summed E-state index contributed by atoms with van der Waals surface area (Å²) in [5.74, 6) is 0.874. The van der Waals surface area contributed by atoms with Gasteiger partial charge < -0.3 is 19.5 Å². The number of nitrogens with zero attached hydrogens (tertiary/aromatic N) is 2. The van der Waals surface area contributed by atoms with Gasteiger partial charge in [0.05, 0.1) is 17.8 Å². The van der Waals surface area contributed by atoms with Crippen LogP contribution in [0.25, 0.3) is 0 Å². The first kappa shape index (κ1) is 22.1. The lowest BCUT2D eigenvalue weighted by molar-refractivity contribution is -0.116. The van der Waals surface area contributed by atoms with Gasteiger partial charge in [-0.25, -0.2) is 0 Å². The average Bonchev–Trinajstić information content (AvgIpc) is 3.06. The number of carbonyl (C=O) groups excluding carboxylic acids is 2. The number of ether oxygens (including phenoxy) is 1. The fourth-order valence-corrected chi connectivity index (χ4v) is 3.26. The van der Waals surface area contributed by atoms with Crippen molar-refractivity contribution in [3.05, 3.63) is 76.2 Å². The van der Waals surface area contributed by atoms with Crippen molar-refractivity contribution in [1.82, 2.24) is 10.1 Å². The molecule has 7 heteroatoms. The van der Waals surface area contributed by atoms with Crippen LogP contribution in [0.15, 0.2) is 47.0 Å². The molecule has 0 saturated heterocycles. The van der Waals surface area contributed by atoms with Crippen LogP contribution in [0.1, 0.15) is 38.5 Å². The molecule has 7 nitrogen and oxygen atoms in total. The van der Waals surface area contributed by atoms with E-state index >= 15 is 0 Å². The summed E-state index contributed by atoms with van der Waals surface area (Å²) in [6.07, 6.45) is 0. The van der Waals surface area contributed by atoms with Gasteiger partial charge in [-0.1, -0.05) is 23.4 Å². The van der Waals surface area contributed by atoms with E-state index in [0.29, 0.717) is 17.9 Å². The molecule has 0 aliphatic heterocycles. The van der Waals surface area contributed by atoms with Crippen molar-refractivity contribution in [3.63, 3.8) is 0 Å². The molecule has 0 aliphatic rings. The summed E-state index contributed by atoms with van der Waals surface area (Å²) >= 11 is 0. The number of para-hydroxylation sites is 1. The molecule has 0 unspecified atom stereocenters. The summed E-state index contributed by atoms with van der Waals surface area (Å²) in [6, 6.07) is 12.7. The number of hydrogen-bond acceptors (Lipinski definition) is 5. The SMILES string of the molecule is Cc1cccc(C)c1NC(=O)CN(C)C(=O)c1ccc(OCc2c(C)noc2C)cc1. The van der Waals surface area contributed by atoms with E-state index in [1.54, 1.807) is 31.3 Å². The highest BCUT2D eigenvalue weighted by Gasteiger charge is 2.16. The quantitative estimate of drug-likeness (QED) is 0.618. The Morgan fingerprint density at radius 3 is 2.26 bits per heavy atom. The number of carbonyl (C=O) groups is 2. The Balaban J connectivity index is 1.57. The Morgan fingerprint density at radius 1 is 1.03 bits per heavy atom. The molecule has 2 aromatic carbocycles. The second-order valence-corrected chi connectivity index (χ2v) is 7.59. The van der Waals surface area contributed by atoms with Crippen LogP contribution < -0.4 is 10.1 Å². The number of aryl methyl sites for hydroxylation is 4. The zero-order valence-corrected chi connectivity index (χ0v) is 18.5. The highest BCUT2D eigenvalue weighted by molar-refractivity contribution is 5.99. The normalized spacial score (nSPS) is 10.6. The van der Waals surface area contributed by atoms with Gasteiger partial charge in [-0.3, -0.25) is 9.59 Å². The Kier molecular flexibility index (Phi) is 6.74. The molecule has 1 heterocycles. The van der Waals surface area contributed by atoms with Crippen molar-refractivity contribution >= 4 is 17.5 Å². The van der Waals surface area contributed by atoms with Gasteiger partial charge in [0.1, 0.15) is 18.1 Å². The highest BCUT2D eigenvalue weighted by Crippen LogP contribution is 2.20. The molecule has 0 atom stereocenters. The van der Waals surface area contributed by atoms with Crippen LogP contribution in [0.5, 0.6) is 5.75 Å². The standard InChI is InChI=1S/C24H27N3O4/c1-15-7-6-8-16(2)23(15)25-22(28)13-27(5)24(29)19-9-11-20(12-10-19)30-14-21-17(3)26-31-18(21)4/h6-12H,13-14H2,1-5H3,(H,25,28). The van der Waals surface area contributed by atoms with E-state index in [1.807, 2.05) is 45.9 Å². The van der Waals surface area contributed by atoms with Crippen molar-refractivity contribution in [3.8, 4) is 5.75 Å². The molecule has 31 heavy (non-hydrogen) atoms. The van der Waals surface area contributed by atoms with E-state index in [1.165, 1.54) is 4.90 Å². The van der Waals surface area contributed by atoms with Gasteiger partial charge in [0, 0.05) is 18.3 Å². The first-order chi connectivity index (χ1) is 14.8. The van der Waals surface area contributed by atoms with Crippen molar-refractivity contribution in [2.45, 2.75) is 34.3 Å². The maximum Gasteiger partial charge on any atom is 0.254 e. The summed E-state index contributed by atoms with van der Waals surface area (Å²) in [4.78, 5) is 26.5. The van der Waals surface area contributed by atoms with Crippen LogP contribution in [-0.2, 0) is 11.4 Å². The second kappa shape index (κ2) is 9.47. The summed E-state index contributed by atoms with van der Waals surface area (Å²) < 4.78 is 10.9. The maximum absolute atomic E-state index is 12.7. The molecular formula is C24H27N3O4. The predicted octanol–water partition coefficient (Wildman–Crippen LogP) is 4.20. The van der Waals surface area contributed by atoms with Crippen LogP contribution in [0, 0.1) is 27.7 Å². The third-order valence-corrected chi connectivity index (χ3v) is 5.14. The first-order valence-corrected chi connectivity index (χ1v) is 10.0. The zero-order chi connectivity index (χ0) is 22.5. The van der Waals surface area contributed by atoms with Crippen LogP contribution in [-0.4, -0.2) is 35.5 Å². The van der Waals surface area contributed by atoms with Crippen molar-refractivity contribution in [2.75, 3.05) is 18.9 Å². The predicted molar refractivity (Wildman–Crippen MR) is 118 cm³/mol. The number of anilines is 1. The van der Waals surface area contributed by atoms with Gasteiger partial charge in [0.25, 0.3) is 5.91 Å². The number of nitrogens with one attached hydrogen (secondary N) is 1. The molecule has 3 rings (SSSR count). The third kappa shape index (κ3) is 5.31. The van der Waals surface area contributed by atoms with Gasteiger partial charge >= 0.3 is 0 Å². The maximum atomic E-state index is 12.7. The number of aromatic nitrogens is 1. The molecular weight excluding hydrogens is 394 g/mol. The highest BCUT2D eigenvalue weighted by atomic mass is 16.5. The fraction of sp³-hybridized carbons (Fsp3) is 0.292. The summed E-state index contributed by atoms with van der Waals surface area (Å²) in [5, 5.41) is 6.81. The lowest BCUT2D eigenvalue weighted by Crippen LogP contribution is -2.35. The molecule has 0 spiro atoms. The molecule has 0 saturated carbocycles. The van der Waals surface area contributed by atoms with Crippen molar-refractivity contribution in [2.24, 2.45) is 0 Å². The number of benzene rings is 2. The molecule has 0 radical (unpaired) electrons. The van der Waals surface area contributed by atoms with Gasteiger partial charge in [-0.15, -0.1) is 0 Å². The number of hydrogen-bond donors (Lipinski definition) is 1. The van der Waals surface area contributed by atoms with Crippen LogP contribution in [0.4, 0.5) is 5.69 Å². The van der Waals surface area contributed by atoms with E-state index in [9.17, 15) is 9.59 Å². The van der Waals surface area contributed by atoms with E-state index in [0.717, 1.165) is 33.8 Å². The number of likely N-dealkylation sites (N-methyl/N-ethyl adjacent to an activating group) is 1. The van der Waals surface area contributed by atoms with Gasteiger partial charge in [-0.05, 0) is 63.1 Å². The molecule has 2 amide bonds. The summed E-state index contributed by atoms with van der Waals surface area (Å²) in [5.41, 5.74) is 4.93.